The smallest absolute Gasteiger partial charge is 0.222 e. The van der Waals surface area contributed by atoms with Crippen LogP contribution >= 0.6 is 0 Å². The Kier molecular flexibility index (Phi) is 1.90. The molecule has 0 spiro atoms. The number of aliphatic hydroxyl groups is 1. The molecule has 0 atom stereocenters. The summed E-state index contributed by atoms with van der Waals surface area (Å²) in [4.78, 5) is 11.8. The first-order valence-electron chi connectivity index (χ1n) is 4.00. The molecule has 2 aromatic heterocycles. The number of aliphatic hydroxyl groups excluding tert-OH is 1. The molecular weight excluding hydrogens is 182 g/mol. The van der Waals surface area contributed by atoms with Crippen molar-refractivity contribution in [3.63, 3.8) is 0 Å². The summed E-state index contributed by atoms with van der Waals surface area (Å²) in [6.45, 7) is -0.139. The van der Waals surface area contributed by atoms with E-state index >= 15 is 0 Å². The molecule has 2 heterocycles. The van der Waals surface area contributed by atoms with Crippen molar-refractivity contribution in [3.05, 3.63) is 17.8 Å². The Hall–Kier alpha value is -1.95. The fraction of sp³-hybridized carbons (Fsp3) is 0.125. The number of nitrogens with zero attached hydrogens (tertiary/aromatic N) is 3. The number of hydrogen-bond acceptors (Lipinski definition) is 6. The van der Waals surface area contributed by atoms with Crippen molar-refractivity contribution in [2.75, 3.05) is 11.5 Å². The molecule has 0 saturated carbocycles. The van der Waals surface area contributed by atoms with Crippen LogP contribution in [-0.4, -0.2) is 20.1 Å². The second kappa shape index (κ2) is 3.08. The molecule has 14 heavy (non-hydrogen) atoms. The molecule has 72 valence electrons. The van der Waals surface area contributed by atoms with E-state index in [4.69, 9.17) is 16.6 Å². The number of hydrogen-bond donors (Lipinski definition) is 3. The molecule has 0 fully saturated rings. The van der Waals surface area contributed by atoms with Crippen LogP contribution in [0.25, 0.3) is 11.0 Å². The van der Waals surface area contributed by atoms with Crippen molar-refractivity contribution in [2.24, 2.45) is 0 Å². The maximum absolute atomic E-state index is 8.87. The number of anilines is 2. The molecule has 6 heteroatoms. The maximum Gasteiger partial charge on any atom is 0.222 e. The van der Waals surface area contributed by atoms with Gasteiger partial charge in [0.15, 0.2) is 5.82 Å². The minimum absolute atomic E-state index is 0.119. The fourth-order valence-corrected chi connectivity index (χ4v) is 1.18. The predicted molar refractivity (Wildman–Crippen MR) is 52.1 cm³/mol. The van der Waals surface area contributed by atoms with Crippen LogP contribution in [-0.2, 0) is 6.61 Å². The second-order valence-corrected chi connectivity index (χ2v) is 2.80. The summed E-state index contributed by atoms with van der Waals surface area (Å²) in [7, 11) is 0. The average Bonchev–Trinajstić information content (AvgIpc) is 2.17. The van der Waals surface area contributed by atoms with Crippen LogP contribution in [0.15, 0.2) is 12.1 Å². The molecule has 0 bridgehead atoms. The largest absolute Gasteiger partial charge is 0.390 e. The lowest BCUT2D eigenvalue weighted by atomic mass is 10.3. The van der Waals surface area contributed by atoms with Gasteiger partial charge in [-0.05, 0) is 12.1 Å². The molecule has 0 aliphatic rings. The highest BCUT2D eigenvalue weighted by Crippen LogP contribution is 2.16. The standard InChI is InChI=1S/C8H9N5O/c9-7-6-5(12-8(10)13-7)2-1-4(3-14)11-6/h1-2,14H,3H2,(H4,9,10,12,13). The normalized spacial score (nSPS) is 10.6. The average molecular weight is 191 g/mol. The zero-order valence-corrected chi connectivity index (χ0v) is 7.31. The van der Waals surface area contributed by atoms with Crippen molar-refractivity contribution in [1.29, 1.82) is 0 Å². The molecule has 6 nitrogen and oxygen atoms in total. The van der Waals surface area contributed by atoms with E-state index in [2.05, 4.69) is 15.0 Å². The van der Waals surface area contributed by atoms with Crippen LogP contribution in [0.3, 0.4) is 0 Å². The van der Waals surface area contributed by atoms with E-state index in [-0.39, 0.29) is 18.4 Å². The highest BCUT2D eigenvalue weighted by Gasteiger charge is 2.05. The minimum Gasteiger partial charge on any atom is -0.390 e. The lowest BCUT2D eigenvalue weighted by Crippen LogP contribution is -2.02. The topological polar surface area (TPSA) is 111 Å². The summed E-state index contributed by atoms with van der Waals surface area (Å²) in [5, 5.41) is 8.87. The number of pyridine rings is 1. The van der Waals surface area contributed by atoms with E-state index in [1.807, 2.05) is 0 Å². The van der Waals surface area contributed by atoms with E-state index < -0.39 is 0 Å². The zero-order chi connectivity index (χ0) is 10.1. The number of fused-ring (bicyclic) bond motifs is 1. The van der Waals surface area contributed by atoms with Gasteiger partial charge in [0.2, 0.25) is 5.95 Å². The van der Waals surface area contributed by atoms with Crippen LogP contribution in [0.5, 0.6) is 0 Å². The van der Waals surface area contributed by atoms with E-state index in [1.165, 1.54) is 0 Å². The van der Waals surface area contributed by atoms with Crippen LogP contribution in [0.1, 0.15) is 5.69 Å². The van der Waals surface area contributed by atoms with Crippen molar-refractivity contribution in [2.45, 2.75) is 6.61 Å². The van der Waals surface area contributed by atoms with Crippen molar-refractivity contribution < 1.29 is 5.11 Å². The third-order valence-corrected chi connectivity index (χ3v) is 1.81. The molecule has 0 radical (unpaired) electrons. The minimum atomic E-state index is -0.139. The van der Waals surface area contributed by atoms with Gasteiger partial charge in [-0.3, -0.25) is 0 Å². The molecule has 0 aliphatic heterocycles. The van der Waals surface area contributed by atoms with Gasteiger partial charge in [0, 0.05) is 0 Å². The molecule has 0 amide bonds. The molecule has 2 rings (SSSR count). The Morgan fingerprint density at radius 3 is 2.64 bits per heavy atom. The lowest BCUT2D eigenvalue weighted by molar-refractivity contribution is 0.277. The van der Waals surface area contributed by atoms with Gasteiger partial charge in [0.05, 0.1) is 17.8 Å². The first-order valence-corrected chi connectivity index (χ1v) is 4.00. The Balaban J connectivity index is 2.75. The van der Waals surface area contributed by atoms with Crippen molar-refractivity contribution in [3.8, 4) is 0 Å². The third kappa shape index (κ3) is 1.31. The van der Waals surface area contributed by atoms with Crippen LogP contribution in [0.2, 0.25) is 0 Å². The van der Waals surface area contributed by atoms with E-state index in [9.17, 15) is 0 Å². The summed E-state index contributed by atoms with van der Waals surface area (Å²) < 4.78 is 0. The number of nitrogens with two attached hydrogens (primary N) is 2. The molecule has 2 aromatic rings. The van der Waals surface area contributed by atoms with Crippen LogP contribution in [0, 0.1) is 0 Å². The number of nitrogen functional groups attached to an aromatic ring is 2. The molecular formula is C8H9N5O. The van der Waals surface area contributed by atoms with Gasteiger partial charge in [-0.25, -0.2) is 9.97 Å². The van der Waals surface area contributed by atoms with Crippen molar-refractivity contribution >= 4 is 22.8 Å². The monoisotopic (exact) mass is 191 g/mol. The van der Waals surface area contributed by atoms with Crippen molar-refractivity contribution in [1.82, 2.24) is 15.0 Å². The summed E-state index contributed by atoms with van der Waals surface area (Å²) in [5.41, 5.74) is 12.6. The van der Waals surface area contributed by atoms with Gasteiger partial charge in [-0.2, -0.15) is 4.98 Å². The second-order valence-electron chi connectivity index (χ2n) is 2.80. The Morgan fingerprint density at radius 2 is 1.93 bits per heavy atom. The van der Waals surface area contributed by atoms with Gasteiger partial charge < -0.3 is 16.6 Å². The van der Waals surface area contributed by atoms with Gasteiger partial charge in [0.25, 0.3) is 0 Å². The zero-order valence-electron chi connectivity index (χ0n) is 7.31. The van der Waals surface area contributed by atoms with E-state index in [0.717, 1.165) is 0 Å². The molecule has 0 unspecified atom stereocenters. The molecule has 0 aliphatic carbocycles. The van der Waals surface area contributed by atoms with Gasteiger partial charge in [-0.1, -0.05) is 0 Å². The fourth-order valence-electron chi connectivity index (χ4n) is 1.18. The molecule has 0 saturated heterocycles. The van der Waals surface area contributed by atoms with Crippen LogP contribution in [0.4, 0.5) is 11.8 Å². The first kappa shape index (κ1) is 8.64. The predicted octanol–water partition coefficient (Wildman–Crippen LogP) is -0.319. The number of rotatable bonds is 1. The SMILES string of the molecule is Nc1nc(N)c2nc(CO)ccc2n1. The first-order chi connectivity index (χ1) is 6.70. The summed E-state index contributed by atoms with van der Waals surface area (Å²) in [6, 6.07) is 3.36. The molecule has 5 N–H and O–H groups in total. The van der Waals surface area contributed by atoms with E-state index in [1.54, 1.807) is 12.1 Å². The Morgan fingerprint density at radius 1 is 1.14 bits per heavy atom. The maximum atomic E-state index is 8.87. The lowest BCUT2D eigenvalue weighted by Gasteiger charge is -2.02. The van der Waals surface area contributed by atoms with Crippen LogP contribution < -0.4 is 11.5 Å². The highest BCUT2D eigenvalue weighted by atomic mass is 16.3. The summed E-state index contributed by atoms with van der Waals surface area (Å²) in [5.74, 6) is 0.344. The van der Waals surface area contributed by atoms with Gasteiger partial charge in [0.1, 0.15) is 5.52 Å². The van der Waals surface area contributed by atoms with E-state index in [0.29, 0.717) is 16.7 Å². The third-order valence-electron chi connectivity index (χ3n) is 1.81. The Labute approximate surface area is 79.6 Å². The summed E-state index contributed by atoms with van der Waals surface area (Å²) >= 11 is 0. The number of aromatic nitrogens is 3. The van der Waals surface area contributed by atoms with Gasteiger partial charge >= 0.3 is 0 Å². The summed E-state index contributed by atoms with van der Waals surface area (Å²) in [6.07, 6.45) is 0. The molecule has 0 aromatic carbocycles. The quantitative estimate of drug-likeness (QED) is 0.569. The highest BCUT2D eigenvalue weighted by molar-refractivity contribution is 5.84. The Bertz CT molecular complexity index is 484. The van der Waals surface area contributed by atoms with Gasteiger partial charge in [-0.15, -0.1) is 0 Å².